The number of hydrogen-bond acceptors (Lipinski definition) is 4. The summed E-state index contributed by atoms with van der Waals surface area (Å²) in [4.78, 5) is 20.2. The third-order valence-corrected chi connectivity index (χ3v) is 2.65. The first-order chi connectivity index (χ1) is 8.81. The van der Waals surface area contributed by atoms with Gasteiger partial charge in [0.25, 0.3) is 5.91 Å². The van der Waals surface area contributed by atoms with Gasteiger partial charge in [-0.25, -0.2) is 0 Å². The van der Waals surface area contributed by atoms with Crippen molar-refractivity contribution in [1.82, 2.24) is 15.3 Å². The lowest BCUT2D eigenvalue weighted by molar-refractivity contribution is 0.0953. The zero-order valence-corrected chi connectivity index (χ0v) is 10.1. The second kappa shape index (κ2) is 6.07. The molecule has 0 saturated carbocycles. The summed E-state index contributed by atoms with van der Waals surface area (Å²) in [6, 6.07) is 5.31. The van der Waals surface area contributed by atoms with Gasteiger partial charge in [0.05, 0.1) is 11.0 Å². The molecule has 0 spiro atoms. The van der Waals surface area contributed by atoms with Gasteiger partial charge in [0.1, 0.15) is 0 Å². The maximum Gasteiger partial charge on any atom is 0.251 e. The van der Waals surface area contributed by atoms with Crippen molar-refractivity contribution in [2.45, 2.75) is 12.8 Å². The van der Waals surface area contributed by atoms with Gasteiger partial charge in [-0.05, 0) is 37.6 Å². The predicted molar refractivity (Wildman–Crippen MR) is 70.2 cm³/mol. The molecule has 1 heterocycles. The van der Waals surface area contributed by atoms with Gasteiger partial charge in [-0.15, -0.1) is 0 Å². The summed E-state index contributed by atoms with van der Waals surface area (Å²) >= 11 is 0. The fourth-order valence-electron chi connectivity index (χ4n) is 1.68. The zero-order valence-electron chi connectivity index (χ0n) is 10.1. The van der Waals surface area contributed by atoms with Gasteiger partial charge in [-0.1, -0.05) is 0 Å². The van der Waals surface area contributed by atoms with E-state index >= 15 is 0 Å². The summed E-state index contributed by atoms with van der Waals surface area (Å²) in [6.45, 7) is 1.30. The van der Waals surface area contributed by atoms with Crippen LogP contribution in [0.25, 0.3) is 11.0 Å². The second-order valence-electron chi connectivity index (χ2n) is 4.01. The Balaban J connectivity index is 2.04. The van der Waals surface area contributed by atoms with Gasteiger partial charge in [0.15, 0.2) is 0 Å². The van der Waals surface area contributed by atoms with E-state index in [-0.39, 0.29) is 5.91 Å². The topological polar surface area (TPSA) is 80.9 Å². The second-order valence-corrected chi connectivity index (χ2v) is 4.01. The predicted octanol–water partition coefficient (Wildman–Crippen LogP) is 1.10. The molecule has 5 nitrogen and oxygen atoms in total. The van der Waals surface area contributed by atoms with Gasteiger partial charge in [-0.2, -0.15) is 0 Å². The minimum absolute atomic E-state index is 0.0837. The summed E-state index contributed by atoms with van der Waals surface area (Å²) < 4.78 is 0. The summed E-state index contributed by atoms with van der Waals surface area (Å²) in [5.41, 5.74) is 7.52. The molecule has 2 rings (SSSR count). The molecule has 2 aromatic rings. The maximum atomic E-state index is 11.9. The Kier molecular flexibility index (Phi) is 4.20. The fraction of sp³-hybridized carbons (Fsp3) is 0.308. The smallest absolute Gasteiger partial charge is 0.251 e. The average molecular weight is 244 g/mol. The molecule has 18 heavy (non-hydrogen) atoms. The largest absolute Gasteiger partial charge is 0.352 e. The molecule has 94 valence electrons. The van der Waals surface area contributed by atoms with Crippen LogP contribution in [0.2, 0.25) is 0 Å². The molecule has 1 aromatic heterocycles. The lowest BCUT2D eigenvalue weighted by Crippen LogP contribution is -2.24. The number of rotatable bonds is 5. The van der Waals surface area contributed by atoms with E-state index in [2.05, 4.69) is 15.3 Å². The maximum absolute atomic E-state index is 11.9. The SMILES string of the molecule is NCCCCNC(=O)c1ccc2nccnc2c1. The molecule has 1 aromatic carbocycles. The van der Waals surface area contributed by atoms with E-state index in [9.17, 15) is 4.79 Å². The molecule has 0 aliphatic carbocycles. The van der Waals surface area contributed by atoms with Crippen LogP contribution in [0, 0.1) is 0 Å². The van der Waals surface area contributed by atoms with Crippen LogP contribution in [0.1, 0.15) is 23.2 Å². The van der Waals surface area contributed by atoms with E-state index in [0.717, 1.165) is 23.9 Å². The Morgan fingerprint density at radius 2 is 1.94 bits per heavy atom. The van der Waals surface area contributed by atoms with Crippen molar-refractivity contribution in [3.05, 3.63) is 36.2 Å². The minimum atomic E-state index is -0.0837. The van der Waals surface area contributed by atoms with Crippen LogP contribution in [0.3, 0.4) is 0 Å². The first kappa shape index (κ1) is 12.4. The molecule has 0 radical (unpaired) electrons. The number of carbonyl (C=O) groups excluding carboxylic acids is 1. The summed E-state index contributed by atoms with van der Waals surface area (Å²) in [5.74, 6) is -0.0837. The monoisotopic (exact) mass is 244 g/mol. The molecule has 0 bridgehead atoms. The van der Waals surface area contributed by atoms with Crippen molar-refractivity contribution in [1.29, 1.82) is 0 Å². The van der Waals surface area contributed by atoms with E-state index in [1.807, 2.05) is 0 Å². The number of fused-ring (bicyclic) bond motifs is 1. The summed E-state index contributed by atoms with van der Waals surface area (Å²) in [6.07, 6.45) is 5.07. The van der Waals surface area contributed by atoms with Crippen LogP contribution in [0.15, 0.2) is 30.6 Å². The van der Waals surface area contributed by atoms with Gasteiger partial charge in [0, 0.05) is 24.5 Å². The average Bonchev–Trinajstić information content (AvgIpc) is 2.43. The van der Waals surface area contributed by atoms with Crippen molar-refractivity contribution < 1.29 is 4.79 Å². The minimum Gasteiger partial charge on any atom is -0.352 e. The van der Waals surface area contributed by atoms with E-state index in [4.69, 9.17) is 5.73 Å². The van der Waals surface area contributed by atoms with Crippen LogP contribution in [0.4, 0.5) is 0 Å². The molecular formula is C13H16N4O. The standard InChI is InChI=1S/C13H16N4O/c14-5-1-2-6-17-13(18)10-3-4-11-12(9-10)16-8-7-15-11/h3-4,7-9H,1-2,5-6,14H2,(H,17,18). The molecule has 0 aliphatic rings. The van der Waals surface area contributed by atoms with Gasteiger partial charge in [-0.3, -0.25) is 14.8 Å². The Labute approximate surface area is 105 Å². The van der Waals surface area contributed by atoms with Crippen LogP contribution in [-0.2, 0) is 0 Å². The van der Waals surface area contributed by atoms with Crippen molar-refractivity contribution in [2.24, 2.45) is 5.73 Å². The number of nitrogens with one attached hydrogen (secondary N) is 1. The quantitative estimate of drug-likeness (QED) is 0.772. The highest BCUT2D eigenvalue weighted by atomic mass is 16.1. The molecule has 0 fully saturated rings. The first-order valence-electron chi connectivity index (χ1n) is 6.00. The van der Waals surface area contributed by atoms with Crippen molar-refractivity contribution in [2.75, 3.05) is 13.1 Å². The number of nitrogens with zero attached hydrogens (tertiary/aromatic N) is 2. The zero-order chi connectivity index (χ0) is 12.8. The van der Waals surface area contributed by atoms with E-state index in [0.29, 0.717) is 18.7 Å². The molecular weight excluding hydrogens is 228 g/mol. The lowest BCUT2D eigenvalue weighted by Gasteiger charge is -2.05. The van der Waals surface area contributed by atoms with E-state index < -0.39 is 0 Å². The molecule has 0 saturated heterocycles. The molecule has 5 heteroatoms. The normalized spacial score (nSPS) is 10.5. The van der Waals surface area contributed by atoms with Crippen molar-refractivity contribution >= 4 is 16.9 Å². The molecule has 1 amide bonds. The number of nitrogens with two attached hydrogens (primary N) is 1. The highest BCUT2D eigenvalue weighted by Crippen LogP contribution is 2.10. The number of unbranched alkanes of at least 4 members (excludes halogenated alkanes) is 1. The Morgan fingerprint density at radius 3 is 2.72 bits per heavy atom. The highest BCUT2D eigenvalue weighted by Gasteiger charge is 2.06. The van der Waals surface area contributed by atoms with Crippen molar-refractivity contribution in [3.63, 3.8) is 0 Å². The number of aromatic nitrogens is 2. The van der Waals surface area contributed by atoms with E-state index in [1.165, 1.54) is 0 Å². The summed E-state index contributed by atoms with van der Waals surface area (Å²) in [7, 11) is 0. The van der Waals surface area contributed by atoms with Crippen LogP contribution < -0.4 is 11.1 Å². The van der Waals surface area contributed by atoms with Crippen LogP contribution in [-0.4, -0.2) is 29.0 Å². The van der Waals surface area contributed by atoms with Gasteiger partial charge >= 0.3 is 0 Å². The fourth-order valence-corrected chi connectivity index (χ4v) is 1.68. The number of benzene rings is 1. The third kappa shape index (κ3) is 3.01. The Hall–Kier alpha value is -2.01. The Bertz CT molecular complexity index is 541. The van der Waals surface area contributed by atoms with Crippen molar-refractivity contribution in [3.8, 4) is 0 Å². The third-order valence-electron chi connectivity index (χ3n) is 2.65. The molecule has 0 unspecified atom stereocenters. The first-order valence-corrected chi connectivity index (χ1v) is 6.00. The molecule has 0 aliphatic heterocycles. The Morgan fingerprint density at radius 1 is 1.17 bits per heavy atom. The number of hydrogen-bond donors (Lipinski definition) is 2. The van der Waals surface area contributed by atoms with Gasteiger partial charge < -0.3 is 11.1 Å². The van der Waals surface area contributed by atoms with Crippen LogP contribution >= 0.6 is 0 Å². The highest BCUT2D eigenvalue weighted by molar-refractivity contribution is 5.97. The molecule has 0 atom stereocenters. The van der Waals surface area contributed by atoms with E-state index in [1.54, 1.807) is 30.6 Å². The number of amides is 1. The molecule has 3 N–H and O–H groups in total. The van der Waals surface area contributed by atoms with Crippen LogP contribution in [0.5, 0.6) is 0 Å². The van der Waals surface area contributed by atoms with Gasteiger partial charge in [0.2, 0.25) is 0 Å². The summed E-state index contributed by atoms with van der Waals surface area (Å²) in [5, 5.41) is 2.86. The lowest BCUT2D eigenvalue weighted by atomic mass is 10.2. The number of carbonyl (C=O) groups is 1.